The Morgan fingerprint density at radius 1 is 0.706 bits per heavy atom. The molecule has 0 aliphatic carbocycles. The minimum atomic E-state index is 0.537. The Bertz CT molecular complexity index is 130. The fraction of sp³-hybridized carbons (Fsp3) is 1.00. The highest BCUT2D eigenvalue weighted by atomic mass is 14.4. The molecule has 0 saturated heterocycles. The number of hydrogen-bond acceptors (Lipinski definition) is 0. The van der Waals surface area contributed by atoms with E-state index in [1.165, 1.54) is 38.5 Å². The number of rotatable bonds is 8. The zero-order valence-corrected chi connectivity index (χ0v) is 13.9. The van der Waals surface area contributed by atoms with Crippen LogP contribution in [0.3, 0.4) is 0 Å². The first kappa shape index (κ1) is 19.3. The van der Waals surface area contributed by atoms with Crippen LogP contribution in [0, 0.1) is 17.3 Å². The molecule has 0 nitrogen and oxygen atoms in total. The van der Waals surface area contributed by atoms with Gasteiger partial charge in [-0.2, -0.15) is 0 Å². The smallest absolute Gasteiger partial charge is 0.0298 e. The molecule has 0 heterocycles. The van der Waals surface area contributed by atoms with Gasteiger partial charge < -0.3 is 0 Å². The van der Waals surface area contributed by atoms with Crippen molar-refractivity contribution in [2.75, 3.05) is 0 Å². The summed E-state index contributed by atoms with van der Waals surface area (Å²) in [6.45, 7) is 18.4. The fourth-order valence-electron chi connectivity index (χ4n) is 3.23. The lowest BCUT2D eigenvalue weighted by atomic mass is 9.65. The van der Waals surface area contributed by atoms with E-state index in [-0.39, 0.29) is 0 Å². The summed E-state index contributed by atoms with van der Waals surface area (Å²) in [4.78, 5) is 0. The molecule has 2 atom stereocenters. The number of hydrogen-bond donors (Lipinski definition) is 0. The van der Waals surface area contributed by atoms with Crippen LogP contribution in [0.1, 0.15) is 93.9 Å². The molecule has 0 aromatic heterocycles. The van der Waals surface area contributed by atoms with Crippen LogP contribution in [-0.2, 0) is 0 Å². The summed E-state index contributed by atoms with van der Waals surface area (Å²) >= 11 is 0. The van der Waals surface area contributed by atoms with Crippen LogP contribution in [0.15, 0.2) is 0 Å². The van der Waals surface area contributed by atoms with Crippen molar-refractivity contribution in [3.05, 3.63) is 0 Å². The van der Waals surface area contributed by atoms with E-state index < -0.39 is 0 Å². The van der Waals surface area contributed by atoms with E-state index in [4.69, 9.17) is 0 Å². The quantitative estimate of drug-likeness (QED) is 0.444. The van der Waals surface area contributed by atoms with Crippen molar-refractivity contribution in [3.63, 3.8) is 0 Å². The van der Waals surface area contributed by atoms with Crippen molar-refractivity contribution in [2.45, 2.75) is 93.9 Å². The zero-order chi connectivity index (χ0) is 13.9. The van der Waals surface area contributed by atoms with Gasteiger partial charge in [0.05, 0.1) is 0 Å². The van der Waals surface area contributed by atoms with Crippen LogP contribution in [0.25, 0.3) is 0 Å². The second kappa shape index (κ2) is 11.1. The molecule has 106 valence electrons. The Labute approximate surface area is 112 Å². The average Bonchev–Trinajstić information content (AvgIpc) is 2.34. The van der Waals surface area contributed by atoms with Gasteiger partial charge in [0.25, 0.3) is 0 Å². The SMILES string of the molecule is CC.CCCC(CC)C(C)(C)C(CC)CCC. The maximum Gasteiger partial charge on any atom is -0.0298 e. The normalized spacial score (nSPS) is 14.8. The molecule has 2 unspecified atom stereocenters. The van der Waals surface area contributed by atoms with Crippen molar-refractivity contribution < 1.29 is 0 Å². The predicted molar refractivity (Wildman–Crippen MR) is 82.5 cm³/mol. The molecule has 0 amide bonds. The zero-order valence-electron chi connectivity index (χ0n) is 13.9. The minimum absolute atomic E-state index is 0.537. The average molecular weight is 242 g/mol. The summed E-state index contributed by atoms with van der Waals surface area (Å²) in [6, 6.07) is 0. The predicted octanol–water partition coefficient (Wildman–Crippen LogP) is 6.69. The van der Waals surface area contributed by atoms with Gasteiger partial charge in [0, 0.05) is 0 Å². The van der Waals surface area contributed by atoms with Crippen molar-refractivity contribution in [3.8, 4) is 0 Å². The molecule has 0 radical (unpaired) electrons. The van der Waals surface area contributed by atoms with Crippen LogP contribution in [0.5, 0.6) is 0 Å². The van der Waals surface area contributed by atoms with Gasteiger partial charge in [0.2, 0.25) is 0 Å². The van der Waals surface area contributed by atoms with E-state index in [1.54, 1.807) is 0 Å². The molecule has 0 bridgehead atoms. The summed E-state index contributed by atoms with van der Waals surface area (Å²) in [5.74, 6) is 1.83. The molecular weight excluding hydrogens is 204 g/mol. The molecule has 17 heavy (non-hydrogen) atoms. The van der Waals surface area contributed by atoms with Crippen LogP contribution in [0.2, 0.25) is 0 Å². The maximum atomic E-state index is 2.50. The molecule has 0 spiro atoms. The molecule has 0 heteroatoms. The lowest BCUT2D eigenvalue weighted by Gasteiger charge is -2.41. The largest absolute Gasteiger partial charge is 0.0683 e. The van der Waals surface area contributed by atoms with Gasteiger partial charge in [-0.25, -0.2) is 0 Å². The summed E-state index contributed by atoms with van der Waals surface area (Å²) in [5.41, 5.74) is 0.537. The highest BCUT2D eigenvalue weighted by molar-refractivity contribution is 4.83. The summed E-state index contributed by atoms with van der Waals surface area (Å²) in [7, 11) is 0. The van der Waals surface area contributed by atoms with E-state index in [0.29, 0.717) is 5.41 Å². The van der Waals surface area contributed by atoms with E-state index >= 15 is 0 Å². The fourth-order valence-corrected chi connectivity index (χ4v) is 3.23. The van der Waals surface area contributed by atoms with Crippen molar-refractivity contribution >= 4 is 0 Å². The Hall–Kier alpha value is 0. The van der Waals surface area contributed by atoms with E-state index in [2.05, 4.69) is 41.5 Å². The van der Waals surface area contributed by atoms with Gasteiger partial charge in [-0.3, -0.25) is 0 Å². The third-order valence-corrected chi connectivity index (χ3v) is 4.36. The molecule has 0 N–H and O–H groups in total. The van der Waals surface area contributed by atoms with E-state index in [9.17, 15) is 0 Å². The first-order valence-corrected chi connectivity index (χ1v) is 8.04. The molecule has 0 fully saturated rings. The monoisotopic (exact) mass is 242 g/mol. The molecule has 0 rings (SSSR count). The van der Waals surface area contributed by atoms with Crippen LogP contribution in [0.4, 0.5) is 0 Å². The molecule has 0 aromatic carbocycles. The summed E-state index contributed by atoms with van der Waals surface area (Å²) in [5, 5.41) is 0. The van der Waals surface area contributed by atoms with Gasteiger partial charge >= 0.3 is 0 Å². The second-order valence-corrected chi connectivity index (χ2v) is 5.61. The third-order valence-electron chi connectivity index (χ3n) is 4.36. The van der Waals surface area contributed by atoms with Crippen molar-refractivity contribution in [1.82, 2.24) is 0 Å². The standard InChI is InChI=1S/C15H32.C2H6/c1-7-11-13(9-3)15(5,6)14(10-4)12-8-2;1-2/h13-14H,7-12H2,1-6H3;1-2H3. The van der Waals surface area contributed by atoms with Crippen molar-refractivity contribution in [2.24, 2.45) is 17.3 Å². The molecule has 0 aliphatic heterocycles. The first-order chi connectivity index (χ1) is 8.04. The highest BCUT2D eigenvalue weighted by Gasteiger charge is 2.33. The summed E-state index contributed by atoms with van der Waals surface area (Å²) < 4.78 is 0. The van der Waals surface area contributed by atoms with Gasteiger partial charge in [-0.05, 0) is 17.3 Å². The molecule has 0 saturated carbocycles. The Kier molecular flexibility index (Phi) is 12.6. The maximum absolute atomic E-state index is 2.50. The van der Waals surface area contributed by atoms with Crippen LogP contribution >= 0.6 is 0 Å². The minimum Gasteiger partial charge on any atom is -0.0683 e. The third kappa shape index (κ3) is 6.48. The highest BCUT2D eigenvalue weighted by Crippen LogP contribution is 2.43. The Morgan fingerprint density at radius 2 is 1.00 bits per heavy atom. The Balaban J connectivity index is 0. The second-order valence-electron chi connectivity index (χ2n) is 5.61. The lowest BCUT2D eigenvalue weighted by molar-refractivity contribution is 0.0910. The van der Waals surface area contributed by atoms with Crippen LogP contribution in [-0.4, -0.2) is 0 Å². The van der Waals surface area contributed by atoms with Crippen LogP contribution < -0.4 is 0 Å². The molecular formula is C17H38. The first-order valence-electron chi connectivity index (χ1n) is 8.04. The van der Waals surface area contributed by atoms with Gasteiger partial charge in [-0.15, -0.1) is 0 Å². The lowest BCUT2D eigenvalue weighted by Crippen LogP contribution is -2.32. The van der Waals surface area contributed by atoms with E-state index in [1.807, 2.05) is 13.8 Å². The van der Waals surface area contributed by atoms with E-state index in [0.717, 1.165) is 11.8 Å². The van der Waals surface area contributed by atoms with Crippen molar-refractivity contribution in [1.29, 1.82) is 0 Å². The topological polar surface area (TPSA) is 0 Å². The Morgan fingerprint density at radius 3 is 1.18 bits per heavy atom. The van der Waals surface area contributed by atoms with Gasteiger partial charge in [0.1, 0.15) is 0 Å². The molecule has 0 aromatic rings. The summed E-state index contributed by atoms with van der Waals surface area (Å²) in [6.07, 6.45) is 8.19. The van der Waals surface area contributed by atoms with Gasteiger partial charge in [0.15, 0.2) is 0 Å². The molecule has 0 aliphatic rings. The van der Waals surface area contributed by atoms with Gasteiger partial charge in [-0.1, -0.05) is 93.9 Å².